The number of H-pyrrole nitrogens is 1. The summed E-state index contributed by atoms with van der Waals surface area (Å²) in [5, 5.41) is 11.0. The molecule has 0 spiro atoms. The largest absolute Gasteiger partial charge is 0.438 e. The maximum absolute atomic E-state index is 15.5. The zero-order chi connectivity index (χ0) is 46.6. The molecular formula is C50H56FN8O6P. The lowest BCUT2D eigenvalue weighted by molar-refractivity contribution is 0.0663. The second-order valence-electron chi connectivity index (χ2n) is 19.2. The van der Waals surface area contributed by atoms with Gasteiger partial charge >= 0.3 is 11.4 Å². The zero-order valence-electron chi connectivity index (χ0n) is 38.7. The van der Waals surface area contributed by atoms with Gasteiger partial charge in [0.05, 0.1) is 23.1 Å². The minimum Gasteiger partial charge on any atom is -0.381 e. The molecule has 1 aliphatic carbocycles. The predicted molar refractivity (Wildman–Crippen MR) is 251 cm³/mol. The number of halogens is 1. The Labute approximate surface area is 381 Å². The minimum atomic E-state index is -2.72. The van der Waals surface area contributed by atoms with Crippen LogP contribution in [0.2, 0.25) is 0 Å². The van der Waals surface area contributed by atoms with Crippen molar-refractivity contribution >= 4 is 29.3 Å². The molecule has 66 heavy (non-hydrogen) atoms. The van der Waals surface area contributed by atoms with Crippen LogP contribution in [0, 0.1) is 25.6 Å². The molecule has 2 fully saturated rings. The van der Waals surface area contributed by atoms with E-state index >= 15 is 9.18 Å². The van der Waals surface area contributed by atoms with Crippen LogP contribution < -0.4 is 16.8 Å². The first-order chi connectivity index (χ1) is 31.5. The Morgan fingerprint density at radius 2 is 1.58 bits per heavy atom. The number of hydrogen-bond acceptors (Lipinski definition) is 8. The summed E-state index contributed by atoms with van der Waals surface area (Å²) in [7, 11) is -2.72. The van der Waals surface area contributed by atoms with Gasteiger partial charge < -0.3 is 18.8 Å². The number of benzene rings is 3. The topological polar surface area (TPSA) is 155 Å². The fourth-order valence-electron chi connectivity index (χ4n) is 11.0. The summed E-state index contributed by atoms with van der Waals surface area (Å²) < 4.78 is 46.9. The lowest BCUT2D eigenvalue weighted by Gasteiger charge is -2.34. The number of aromatic amines is 1. The van der Waals surface area contributed by atoms with E-state index in [1.165, 1.54) is 10.1 Å². The Hall–Kier alpha value is -6.05. The third-order valence-electron chi connectivity index (χ3n) is 14.7. The van der Waals surface area contributed by atoms with Crippen molar-refractivity contribution in [2.75, 3.05) is 19.8 Å². The van der Waals surface area contributed by atoms with E-state index in [0.717, 1.165) is 34.7 Å². The smallest absolute Gasteiger partial charge is 0.381 e. The van der Waals surface area contributed by atoms with Crippen molar-refractivity contribution in [3.8, 4) is 17.2 Å². The van der Waals surface area contributed by atoms with Gasteiger partial charge in [0, 0.05) is 71.7 Å². The monoisotopic (exact) mass is 914 g/mol. The lowest BCUT2D eigenvalue weighted by atomic mass is 9.91. The van der Waals surface area contributed by atoms with Gasteiger partial charge in [-0.05, 0) is 123 Å². The first-order valence-corrected chi connectivity index (χ1v) is 24.9. The molecule has 3 aliphatic rings. The quantitative estimate of drug-likeness (QED) is 0.134. The Morgan fingerprint density at radius 3 is 2.20 bits per heavy atom. The van der Waals surface area contributed by atoms with Crippen LogP contribution in [0.25, 0.3) is 28.1 Å². The third-order valence-corrected chi connectivity index (χ3v) is 18.9. The predicted octanol–water partition coefficient (Wildman–Crippen LogP) is 8.44. The van der Waals surface area contributed by atoms with E-state index in [2.05, 4.69) is 35.3 Å². The van der Waals surface area contributed by atoms with Gasteiger partial charge in [-0.3, -0.25) is 23.4 Å². The van der Waals surface area contributed by atoms with E-state index in [1.54, 1.807) is 47.6 Å². The van der Waals surface area contributed by atoms with Gasteiger partial charge in [-0.2, -0.15) is 5.10 Å². The van der Waals surface area contributed by atoms with Crippen LogP contribution in [-0.4, -0.2) is 75.5 Å². The highest BCUT2D eigenvalue weighted by atomic mass is 31.2. The Kier molecular flexibility index (Phi) is 10.7. The van der Waals surface area contributed by atoms with Gasteiger partial charge in [-0.15, -0.1) is 0 Å². The van der Waals surface area contributed by atoms with Crippen LogP contribution in [0.4, 0.5) is 4.39 Å². The van der Waals surface area contributed by atoms with Crippen molar-refractivity contribution in [1.82, 2.24) is 38.5 Å². The molecule has 1 N–H and O–H groups in total. The van der Waals surface area contributed by atoms with Crippen molar-refractivity contribution in [3.05, 3.63) is 139 Å². The number of aromatic nitrogens is 7. The number of carbonyl (C=O) groups is 1. The fraction of sp³-hybridized carbons (Fsp3) is 0.420. The number of hydrogen-bond donors (Lipinski definition) is 1. The molecule has 6 heterocycles. The molecule has 1 amide bonds. The molecule has 0 unspecified atom stereocenters. The number of imidazole rings is 1. The van der Waals surface area contributed by atoms with Crippen molar-refractivity contribution < 1.29 is 23.0 Å². The summed E-state index contributed by atoms with van der Waals surface area (Å²) in [4.78, 5) is 47.4. The SMILES string of the molecule is Cc1cc(-n2nc3c(c2-n2ccn(-c4ccc(P(=O)(C(C)C)C(C)C)cc4)c2=O)[C@H](C)N(C(=O)c2cc4cc(C5CCOCC5)ccc4n2[C@@]2(c4noc(=O)[nH]4)C[C@@H]2C)CC3)cc(C)c1F. The summed E-state index contributed by atoms with van der Waals surface area (Å²) in [5.74, 6) is -0.0298. The normalized spacial score (nSPS) is 20.2. The Bertz CT molecular complexity index is 3180. The molecule has 4 aromatic heterocycles. The van der Waals surface area contributed by atoms with E-state index in [9.17, 15) is 14.2 Å². The number of fused-ring (bicyclic) bond motifs is 2. The summed E-state index contributed by atoms with van der Waals surface area (Å²) >= 11 is 0. The molecule has 7 aromatic rings. The molecule has 3 aromatic carbocycles. The van der Waals surface area contributed by atoms with Crippen LogP contribution in [0.3, 0.4) is 0 Å². The molecule has 14 nitrogen and oxygen atoms in total. The highest BCUT2D eigenvalue weighted by Gasteiger charge is 2.59. The second-order valence-corrected chi connectivity index (χ2v) is 23.2. The number of amides is 1. The van der Waals surface area contributed by atoms with Crippen LogP contribution in [-0.2, 0) is 21.3 Å². The summed E-state index contributed by atoms with van der Waals surface area (Å²) in [5.41, 5.74) is 4.66. The van der Waals surface area contributed by atoms with Gasteiger partial charge in [0.15, 0.2) is 5.82 Å². The average Bonchev–Trinajstić information content (AvgIpc) is 3.80. The molecule has 1 saturated carbocycles. The van der Waals surface area contributed by atoms with E-state index in [4.69, 9.17) is 14.4 Å². The zero-order valence-corrected chi connectivity index (χ0v) is 39.6. The van der Waals surface area contributed by atoms with Crippen molar-refractivity contribution in [3.63, 3.8) is 0 Å². The van der Waals surface area contributed by atoms with Crippen molar-refractivity contribution in [1.29, 1.82) is 0 Å². The molecule has 16 heteroatoms. The van der Waals surface area contributed by atoms with Gasteiger partial charge in [0.2, 0.25) is 0 Å². The average molecular weight is 915 g/mol. The van der Waals surface area contributed by atoms with E-state index < -0.39 is 24.5 Å². The highest BCUT2D eigenvalue weighted by Crippen LogP contribution is 2.56. The van der Waals surface area contributed by atoms with Gasteiger partial charge in [0.1, 0.15) is 30.0 Å². The number of ether oxygens (including phenoxy) is 1. The van der Waals surface area contributed by atoms with Crippen molar-refractivity contribution in [2.24, 2.45) is 5.92 Å². The molecule has 344 valence electrons. The van der Waals surface area contributed by atoms with Crippen LogP contribution in [0.15, 0.2) is 87.2 Å². The maximum Gasteiger partial charge on any atom is 0.438 e. The van der Waals surface area contributed by atoms with E-state index in [0.29, 0.717) is 83.9 Å². The summed E-state index contributed by atoms with van der Waals surface area (Å²) in [6, 6.07) is 18.6. The Balaban J connectivity index is 1.10. The van der Waals surface area contributed by atoms with Crippen LogP contribution in [0.5, 0.6) is 0 Å². The van der Waals surface area contributed by atoms with Gasteiger partial charge in [0.25, 0.3) is 5.91 Å². The van der Waals surface area contributed by atoms with E-state index in [1.807, 2.05) is 74.4 Å². The van der Waals surface area contributed by atoms with Crippen LogP contribution in [0.1, 0.15) is 117 Å². The number of nitrogens with one attached hydrogen (secondary N) is 1. The summed E-state index contributed by atoms with van der Waals surface area (Å²) in [6.07, 6.45) is 6.24. The van der Waals surface area contributed by atoms with Crippen molar-refractivity contribution in [2.45, 2.75) is 110 Å². The first-order valence-electron chi connectivity index (χ1n) is 23.0. The molecular weight excluding hydrogens is 859 g/mol. The molecule has 0 radical (unpaired) electrons. The molecule has 2 aliphatic heterocycles. The molecule has 3 atom stereocenters. The number of nitrogens with zero attached hydrogens (tertiary/aromatic N) is 7. The number of carbonyl (C=O) groups excluding carboxylic acids is 1. The molecule has 1 saturated heterocycles. The number of aryl methyl sites for hydroxylation is 2. The van der Waals surface area contributed by atoms with Crippen LogP contribution >= 0.6 is 7.14 Å². The maximum atomic E-state index is 15.5. The lowest BCUT2D eigenvalue weighted by Crippen LogP contribution is -2.41. The van der Waals surface area contributed by atoms with Gasteiger partial charge in [-0.25, -0.2) is 18.7 Å². The Morgan fingerprint density at radius 1 is 0.909 bits per heavy atom. The molecule has 0 bridgehead atoms. The van der Waals surface area contributed by atoms with Gasteiger partial charge in [-0.1, -0.05) is 45.8 Å². The van der Waals surface area contributed by atoms with E-state index in [-0.39, 0.29) is 34.7 Å². The number of rotatable bonds is 10. The summed E-state index contributed by atoms with van der Waals surface area (Å²) in [6.45, 7) is 17.1. The second kappa shape index (κ2) is 16.1. The first kappa shape index (κ1) is 43.8. The minimum absolute atomic E-state index is 0.0236. The standard InChI is InChI=1S/C50H56FN8O6P/c1-28(2)66(63,29(3)4)39-12-10-37(11-13-39)56-19-20-57(49(56)62)45-43-33(8)55(18-15-40(43)53-59(45)38-23-30(5)44(51)31(6)24-38)46(60)42-26-36-25-35(34-16-21-64-22-17-34)9-14-41(36)58(42)50(27-32(50)7)47-52-48(61)65-54-47/h9-14,19-20,23-26,28-29,32-34H,15-18,21-22,27H2,1-8H3,(H,52,54,61)/t32-,33-,50-/m0/s1. The third kappa shape index (κ3) is 6.74. The fourth-order valence-corrected chi connectivity index (χ4v) is 14.0. The molecule has 10 rings (SSSR count). The highest BCUT2D eigenvalue weighted by molar-refractivity contribution is 7.72.